The van der Waals surface area contributed by atoms with Gasteiger partial charge in [-0.2, -0.15) is 0 Å². The van der Waals surface area contributed by atoms with E-state index in [0.29, 0.717) is 36.5 Å². The summed E-state index contributed by atoms with van der Waals surface area (Å²) in [5.74, 6) is -0.500. The second-order valence-electron chi connectivity index (χ2n) is 7.25. The number of nitrogens with one attached hydrogen (secondary N) is 1. The van der Waals surface area contributed by atoms with E-state index >= 15 is 0 Å². The standard InChI is InChI=1S/C21H17ClF3N5O3/c22-17-6-15(33-21(23,24)25)1-2-18(17)29-20(32)12-5-16(13-7-26-11-27-8-13)19(28-9-12)30-4-3-14(31)10-30/h1-2,5-9,11,14,31H,3-4,10H2,(H,29,32)/t14-/m1/s1. The van der Waals surface area contributed by atoms with Crippen LogP contribution in [0.5, 0.6) is 5.75 Å². The average molecular weight is 480 g/mol. The molecule has 1 aromatic carbocycles. The second kappa shape index (κ2) is 9.20. The van der Waals surface area contributed by atoms with Crippen LogP contribution in [0.15, 0.2) is 49.2 Å². The van der Waals surface area contributed by atoms with Crippen molar-refractivity contribution >= 4 is 29.0 Å². The smallest absolute Gasteiger partial charge is 0.406 e. The SMILES string of the molecule is O=C(Nc1ccc(OC(F)(F)F)cc1Cl)c1cnc(N2CC[C@@H](O)C2)c(-c2cncnc2)c1. The number of alkyl halides is 3. The summed E-state index contributed by atoms with van der Waals surface area (Å²) in [5.41, 5.74) is 1.51. The number of hydrogen-bond donors (Lipinski definition) is 2. The van der Waals surface area contributed by atoms with E-state index in [2.05, 4.69) is 25.0 Å². The zero-order valence-corrected chi connectivity index (χ0v) is 17.6. The minimum Gasteiger partial charge on any atom is -0.406 e. The first-order valence-electron chi connectivity index (χ1n) is 9.75. The quantitative estimate of drug-likeness (QED) is 0.572. The Morgan fingerprint density at radius 1 is 1.21 bits per heavy atom. The summed E-state index contributed by atoms with van der Waals surface area (Å²) in [5, 5.41) is 12.3. The minimum absolute atomic E-state index is 0.104. The van der Waals surface area contributed by atoms with Crippen LogP contribution in [-0.4, -0.2) is 51.5 Å². The van der Waals surface area contributed by atoms with Crippen LogP contribution >= 0.6 is 11.6 Å². The number of carbonyl (C=O) groups excluding carboxylic acids is 1. The monoisotopic (exact) mass is 479 g/mol. The maximum atomic E-state index is 12.8. The van der Waals surface area contributed by atoms with Crippen molar-refractivity contribution in [1.29, 1.82) is 0 Å². The van der Waals surface area contributed by atoms with Crippen molar-refractivity contribution in [3.8, 4) is 16.9 Å². The van der Waals surface area contributed by atoms with Gasteiger partial charge in [-0.05, 0) is 24.6 Å². The maximum Gasteiger partial charge on any atom is 0.573 e. The normalized spacial score (nSPS) is 16.0. The number of pyridine rings is 1. The highest BCUT2D eigenvalue weighted by Crippen LogP contribution is 2.33. The van der Waals surface area contributed by atoms with Gasteiger partial charge in [-0.15, -0.1) is 13.2 Å². The number of hydrogen-bond acceptors (Lipinski definition) is 7. The summed E-state index contributed by atoms with van der Waals surface area (Å²) in [6.45, 7) is 1.00. The Morgan fingerprint density at radius 2 is 1.97 bits per heavy atom. The summed E-state index contributed by atoms with van der Waals surface area (Å²) in [6, 6.07) is 4.82. The average Bonchev–Trinajstić information content (AvgIpc) is 3.21. The van der Waals surface area contributed by atoms with Crippen molar-refractivity contribution < 1.29 is 27.8 Å². The van der Waals surface area contributed by atoms with Crippen molar-refractivity contribution in [3.05, 3.63) is 59.8 Å². The Balaban J connectivity index is 1.61. The Morgan fingerprint density at radius 3 is 2.61 bits per heavy atom. The first kappa shape index (κ1) is 22.7. The number of aromatic nitrogens is 3. The molecule has 33 heavy (non-hydrogen) atoms. The van der Waals surface area contributed by atoms with Gasteiger partial charge in [-0.25, -0.2) is 15.0 Å². The number of carbonyl (C=O) groups is 1. The molecular formula is C21H17ClF3N5O3. The van der Waals surface area contributed by atoms with Gasteiger partial charge in [0.2, 0.25) is 0 Å². The number of halogens is 4. The van der Waals surface area contributed by atoms with Gasteiger partial charge in [-0.1, -0.05) is 11.6 Å². The third kappa shape index (κ3) is 5.49. The number of anilines is 2. The summed E-state index contributed by atoms with van der Waals surface area (Å²) in [6.07, 6.45) is 1.18. The highest BCUT2D eigenvalue weighted by Gasteiger charge is 2.31. The fourth-order valence-corrected chi connectivity index (χ4v) is 3.63. The van der Waals surface area contributed by atoms with E-state index in [4.69, 9.17) is 11.6 Å². The van der Waals surface area contributed by atoms with Crippen LogP contribution in [0.3, 0.4) is 0 Å². The molecule has 12 heteroatoms. The van der Waals surface area contributed by atoms with Gasteiger partial charge in [0.25, 0.3) is 5.91 Å². The molecule has 0 aliphatic carbocycles. The second-order valence-corrected chi connectivity index (χ2v) is 7.66. The number of β-amino-alcohol motifs (C(OH)–C–C–N with tert-alkyl or cyclic N) is 1. The maximum absolute atomic E-state index is 12.8. The van der Waals surface area contributed by atoms with E-state index in [0.717, 1.165) is 12.1 Å². The molecule has 1 fully saturated rings. The Labute approximate surface area is 191 Å². The lowest BCUT2D eigenvalue weighted by molar-refractivity contribution is -0.274. The molecule has 1 aliphatic heterocycles. The zero-order chi connectivity index (χ0) is 23.6. The summed E-state index contributed by atoms with van der Waals surface area (Å²) >= 11 is 6.02. The van der Waals surface area contributed by atoms with Crippen molar-refractivity contribution in [1.82, 2.24) is 15.0 Å². The largest absolute Gasteiger partial charge is 0.573 e. The Bertz CT molecular complexity index is 1160. The minimum atomic E-state index is -4.86. The summed E-state index contributed by atoms with van der Waals surface area (Å²) in [4.78, 5) is 27.2. The van der Waals surface area contributed by atoms with Crippen LogP contribution in [0.1, 0.15) is 16.8 Å². The molecule has 8 nitrogen and oxygen atoms in total. The topological polar surface area (TPSA) is 100 Å². The molecule has 1 amide bonds. The van der Waals surface area contributed by atoms with Crippen molar-refractivity contribution in [2.75, 3.05) is 23.3 Å². The lowest BCUT2D eigenvalue weighted by atomic mass is 10.1. The number of benzene rings is 1. The van der Waals surface area contributed by atoms with E-state index in [1.54, 1.807) is 18.5 Å². The number of amides is 1. The number of rotatable bonds is 5. The number of nitrogens with zero attached hydrogens (tertiary/aromatic N) is 4. The molecule has 1 aliphatic rings. The van der Waals surface area contributed by atoms with Gasteiger partial charge in [0, 0.05) is 48.9 Å². The fraction of sp³-hybridized carbons (Fsp3) is 0.238. The van der Waals surface area contributed by atoms with Crippen LogP contribution in [0.2, 0.25) is 5.02 Å². The summed E-state index contributed by atoms with van der Waals surface area (Å²) in [7, 11) is 0. The molecule has 3 aromatic rings. The van der Waals surface area contributed by atoms with Crippen LogP contribution in [-0.2, 0) is 0 Å². The van der Waals surface area contributed by atoms with Gasteiger partial charge in [0.15, 0.2) is 0 Å². The van der Waals surface area contributed by atoms with E-state index in [9.17, 15) is 23.1 Å². The molecule has 1 saturated heterocycles. The van der Waals surface area contributed by atoms with Crippen LogP contribution in [0.4, 0.5) is 24.7 Å². The van der Waals surface area contributed by atoms with Gasteiger partial charge in [0.05, 0.1) is 22.4 Å². The third-order valence-electron chi connectivity index (χ3n) is 4.89. The van der Waals surface area contributed by atoms with E-state index < -0.39 is 24.1 Å². The predicted molar refractivity (Wildman–Crippen MR) is 114 cm³/mol. The lowest BCUT2D eigenvalue weighted by Crippen LogP contribution is -2.23. The van der Waals surface area contributed by atoms with Crippen LogP contribution < -0.4 is 15.0 Å². The molecule has 3 heterocycles. The number of aliphatic hydroxyl groups is 1. The first-order chi connectivity index (χ1) is 15.7. The zero-order valence-electron chi connectivity index (χ0n) is 16.9. The van der Waals surface area contributed by atoms with Crippen molar-refractivity contribution in [3.63, 3.8) is 0 Å². The molecule has 4 rings (SSSR count). The molecule has 0 radical (unpaired) electrons. The number of aliphatic hydroxyl groups excluding tert-OH is 1. The van der Waals surface area contributed by atoms with Crippen LogP contribution in [0.25, 0.3) is 11.1 Å². The van der Waals surface area contributed by atoms with Gasteiger partial charge >= 0.3 is 6.36 Å². The third-order valence-corrected chi connectivity index (χ3v) is 5.20. The molecule has 2 N–H and O–H groups in total. The fourth-order valence-electron chi connectivity index (χ4n) is 3.41. The number of ether oxygens (including phenoxy) is 1. The Hall–Kier alpha value is -3.44. The lowest BCUT2D eigenvalue weighted by Gasteiger charge is -2.21. The molecule has 0 unspecified atom stereocenters. The van der Waals surface area contributed by atoms with Crippen molar-refractivity contribution in [2.24, 2.45) is 0 Å². The molecule has 172 valence electrons. The highest BCUT2D eigenvalue weighted by molar-refractivity contribution is 6.34. The van der Waals surface area contributed by atoms with Gasteiger partial charge < -0.3 is 20.1 Å². The highest BCUT2D eigenvalue weighted by atomic mass is 35.5. The van der Waals surface area contributed by atoms with Gasteiger partial charge in [-0.3, -0.25) is 4.79 Å². The Kier molecular flexibility index (Phi) is 6.34. The molecular weight excluding hydrogens is 463 g/mol. The molecule has 0 spiro atoms. The van der Waals surface area contributed by atoms with E-state index in [-0.39, 0.29) is 16.3 Å². The van der Waals surface area contributed by atoms with Crippen molar-refractivity contribution in [2.45, 2.75) is 18.9 Å². The van der Waals surface area contributed by atoms with E-state index in [1.807, 2.05) is 4.90 Å². The summed E-state index contributed by atoms with van der Waals surface area (Å²) < 4.78 is 41.0. The van der Waals surface area contributed by atoms with E-state index in [1.165, 1.54) is 18.6 Å². The van der Waals surface area contributed by atoms with Gasteiger partial charge in [0.1, 0.15) is 17.9 Å². The molecule has 1 atom stereocenters. The van der Waals surface area contributed by atoms with Crippen LogP contribution in [0, 0.1) is 0 Å². The molecule has 0 bridgehead atoms. The molecule has 2 aromatic heterocycles. The first-order valence-corrected chi connectivity index (χ1v) is 10.1. The molecule has 0 saturated carbocycles. The predicted octanol–water partition coefficient (Wildman–Crippen LogP) is 3.91.